The maximum Gasteiger partial charge on any atom is 0.323 e. The Balaban J connectivity index is 1.70. The first-order valence-corrected chi connectivity index (χ1v) is 7.47. The van der Waals surface area contributed by atoms with E-state index in [1.165, 1.54) is 7.11 Å². The number of methoxy groups -OCH3 is 1. The van der Waals surface area contributed by atoms with Crippen molar-refractivity contribution < 1.29 is 14.1 Å². The van der Waals surface area contributed by atoms with Crippen LogP contribution in [0.5, 0.6) is 0 Å². The van der Waals surface area contributed by atoms with E-state index in [-0.39, 0.29) is 12.0 Å². The number of thiophene rings is 1. The van der Waals surface area contributed by atoms with Crippen LogP contribution in [0.25, 0.3) is 10.6 Å². The fourth-order valence-corrected chi connectivity index (χ4v) is 3.22. The zero-order valence-electron chi connectivity index (χ0n) is 11.2. The Morgan fingerprint density at radius 3 is 3.30 bits per heavy atom. The summed E-state index contributed by atoms with van der Waals surface area (Å²) in [5.41, 5.74) is 0.851. The molecule has 0 spiro atoms. The van der Waals surface area contributed by atoms with Crippen LogP contribution in [0.2, 0.25) is 0 Å². The molecule has 20 heavy (non-hydrogen) atoms. The molecule has 0 radical (unpaired) electrons. The van der Waals surface area contributed by atoms with Gasteiger partial charge in [0.2, 0.25) is 0 Å². The molecule has 6 heteroatoms. The van der Waals surface area contributed by atoms with Gasteiger partial charge in [-0.15, -0.1) is 11.3 Å². The molecule has 2 aromatic heterocycles. The van der Waals surface area contributed by atoms with Crippen molar-refractivity contribution in [1.82, 2.24) is 10.1 Å². The molecule has 0 N–H and O–H groups in total. The Hall–Kier alpha value is -1.66. The minimum absolute atomic E-state index is 0.151. The van der Waals surface area contributed by atoms with Crippen LogP contribution < -0.4 is 0 Å². The van der Waals surface area contributed by atoms with Gasteiger partial charge in [0, 0.05) is 12.6 Å². The molecule has 106 valence electrons. The number of hydrogen-bond acceptors (Lipinski definition) is 6. The van der Waals surface area contributed by atoms with Gasteiger partial charge in [0.05, 0.1) is 17.7 Å². The van der Waals surface area contributed by atoms with Crippen molar-refractivity contribution in [3.05, 3.63) is 29.3 Å². The first-order chi connectivity index (χ1) is 9.78. The van der Waals surface area contributed by atoms with Crippen LogP contribution >= 0.6 is 11.3 Å². The van der Waals surface area contributed by atoms with E-state index in [4.69, 9.17) is 9.26 Å². The molecule has 0 amide bonds. The molecule has 1 fully saturated rings. The molecule has 5 nitrogen and oxygen atoms in total. The van der Waals surface area contributed by atoms with Gasteiger partial charge in [0.1, 0.15) is 6.04 Å². The van der Waals surface area contributed by atoms with Gasteiger partial charge in [-0.2, -0.15) is 0 Å². The van der Waals surface area contributed by atoms with E-state index >= 15 is 0 Å². The maximum atomic E-state index is 11.7. The van der Waals surface area contributed by atoms with Crippen LogP contribution in [0.15, 0.2) is 28.1 Å². The number of aromatic nitrogens is 1. The van der Waals surface area contributed by atoms with Crippen LogP contribution in [0.1, 0.15) is 18.5 Å². The van der Waals surface area contributed by atoms with Crippen molar-refractivity contribution in [2.45, 2.75) is 25.4 Å². The van der Waals surface area contributed by atoms with Crippen molar-refractivity contribution in [1.29, 1.82) is 0 Å². The van der Waals surface area contributed by atoms with E-state index in [1.54, 1.807) is 11.3 Å². The summed E-state index contributed by atoms with van der Waals surface area (Å²) in [5, 5.41) is 6.10. The normalized spacial score (nSPS) is 19.4. The number of nitrogens with zero attached hydrogens (tertiary/aromatic N) is 2. The highest BCUT2D eigenvalue weighted by molar-refractivity contribution is 7.13. The molecule has 1 unspecified atom stereocenters. The molecule has 0 saturated carbocycles. The third-order valence-corrected chi connectivity index (χ3v) is 4.41. The van der Waals surface area contributed by atoms with Gasteiger partial charge >= 0.3 is 5.97 Å². The number of rotatable bonds is 4. The lowest BCUT2D eigenvalue weighted by atomic mass is 10.2. The summed E-state index contributed by atoms with van der Waals surface area (Å²) in [6, 6.07) is 5.78. The zero-order chi connectivity index (χ0) is 13.9. The number of carbonyl (C=O) groups is 1. The summed E-state index contributed by atoms with van der Waals surface area (Å²) < 4.78 is 10.2. The Morgan fingerprint density at radius 1 is 1.65 bits per heavy atom. The quantitative estimate of drug-likeness (QED) is 0.811. The zero-order valence-corrected chi connectivity index (χ0v) is 12.1. The van der Waals surface area contributed by atoms with Crippen molar-refractivity contribution in [3.8, 4) is 10.6 Å². The summed E-state index contributed by atoms with van der Waals surface area (Å²) in [4.78, 5) is 14.9. The van der Waals surface area contributed by atoms with E-state index in [0.29, 0.717) is 6.54 Å². The lowest BCUT2D eigenvalue weighted by Crippen LogP contribution is -2.36. The summed E-state index contributed by atoms with van der Waals surface area (Å²) >= 11 is 1.62. The lowest BCUT2D eigenvalue weighted by Gasteiger charge is -2.20. The summed E-state index contributed by atoms with van der Waals surface area (Å²) in [6.07, 6.45) is 1.86. The summed E-state index contributed by atoms with van der Waals surface area (Å²) in [6.45, 7) is 1.51. The van der Waals surface area contributed by atoms with E-state index < -0.39 is 0 Å². The average molecular weight is 292 g/mol. The molecule has 0 aliphatic carbocycles. The van der Waals surface area contributed by atoms with E-state index in [2.05, 4.69) is 10.1 Å². The van der Waals surface area contributed by atoms with Gasteiger partial charge in [0.15, 0.2) is 5.76 Å². The number of esters is 1. The highest BCUT2D eigenvalue weighted by atomic mass is 32.1. The first kappa shape index (κ1) is 13.3. The lowest BCUT2D eigenvalue weighted by molar-refractivity contribution is -0.146. The topological polar surface area (TPSA) is 55.6 Å². The number of carbonyl (C=O) groups excluding carboxylic acids is 1. The summed E-state index contributed by atoms with van der Waals surface area (Å²) in [5.74, 6) is 0.619. The van der Waals surface area contributed by atoms with Crippen LogP contribution in [0, 0.1) is 0 Å². The minimum Gasteiger partial charge on any atom is -0.468 e. The number of ether oxygens (including phenoxy) is 1. The summed E-state index contributed by atoms with van der Waals surface area (Å²) in [7, 11) is 1.43. The van der Waals surface area contributed by atoms with Gasteiger partial charge in [-0.3, -0.25) is 9.69 Å². The predicted molar refractivity (Wildman–Crippen MR) is 75.3 cm³/mol. The monoisotopic (exact) mass is 292 g/mol. The van der Waals surface area contributed by atoms with E-state index in [0.717, 1.165) is 35.7 Å². The minimum atomic E-state index is -0.163. The molecule has 0 bridgehead atoms. The van der Waals surface area contributed by atoms with Crippen molar-refractivity contribution in [2.24, 2.45) is 0 Å². The molecule has 1 atom stereocenters. The highest BCUT2D eigenvalue weighted by Gasteiger charge is 2.31. The van der Waals surface area contributed by atoms with Crippen LogP contribution in [-0.4, -0.2) is 35.7 Å². The third kappa shape index (κ3) is 2.62. The van der Waals surface area contributed by atoms with Crippen molar-refractivity contribution >= 4 is 17.3 Å². The highest BCUT2D eigenvalue weighted by Crippen LogP contribution is 2.27. The number of likely N-dealkylation sites (tertiary alicyclic amines) is 1. The van der Waals surface area contributed by atoms with Crippen LogP contribution in [-0.2, 0) is 16.1 Å². The molecule has 1 aliphatic heterocycles. The standard InChI is InChI=1S/C14H16N2O3S/c1-18-14(17)11-4-2-6-16(11)9-10-8-12(19-15-10)13-5-3-7-20-13/h3,5,7-8,11H,2,4,6,9H2,1H3. The largest absolute Gasteiger partial charge is 0.468 e. The molecule has 1 saturated heterocycles. The molecular weight excluding hydrogens is 276 g/mol. The number of hydrogen-bond donors (Lipinski definition) is 0. The van der Waals surface area contributed by atoms with E-state index in [9.17, 15) is 4.79 Å². The second kappa shape index (κ2) is 5.76. The maximum absolute atomic E-state index is 11.7. The second-order valence-electron chi connectivity index (χ2n) is 4.81. The molecule has 0 aromatic carbocycles. The first-order valence-electron chi connectivity index (χ1n) is 6.59. The predicted octanol–water partition coefficient (Wildman–Crippen LogP) is 2.54. The van der Waals surface area contributed by atoms with Gasteiger partial charge in [-0.1, -0.05) is 11.2 Å². The van der Waals surface area contributed by atoms with Gasteiger partial charge < -0.3 is 9.26 Å². The van der Waals surface area contributed by atoms with Gasteiger partial charge in [-0.25, -0.2) is 0 Å². The molecular formula is C14H16N2O3S. The molecule has 3 rings (SSSR count). The Labute approximate surface area is 121 Å². The smallest absolute Gasteiger partial charge is 0.323 e. The fourth-order valence-electron chi connectivity index (χ4n) is 2.55. The van der Waals surface area contributed by atoms with Gasteiger partial charge in [0.25, 0.3) is 0 Å². The van der Waals surface area contributed by atoms with Crippen LogP contribution in [0.4, 0.5) is 0 Å². The van der Waals surface area contributed by atoms with Crippen molar-refractivity contribution in [3.63, 3.8) is 0 Å². The molecule has 1 aliphatic rings. The molecule has 2 aromatic rings. The van der Waals surface area contributed by atoms with E-state index in [1.807, 2.05) is 23.6 Å². The Morgan fingerprint density at radius 2 is 2.55 bits per heavy atom. The van der Waals surface area contributed by atoms with Crippen molar-refractivity contribution in [2.75, 3.05) is 13.7 Å². The SMILES string of the molecule is COC(=O)C1CCCN1Cc1cc(-c2cccs2)on1. The average Bonchev–Trinajstić information content (AvgIpc) is 3.19. The third-order valence-electron chi connectivity index (χ3n) is 3.52. The molecule has 3 heterocycles. The Bertz CT molecular complexity index is 579. The van der Waals surface area contributed by atoms with Gasteiger partial charge in [-0.05, 0) is 30.8 Å². The fraction of sp³-hybridized carbons (Fsp3) is 0.429. The second-order valence-corrected chi connectivity index (χ2v) is 5.76. The Kier molecular flexibility index (Phi) is 3.84. The van der Waals surface area contributed by atoms with Crippen LogP contribution in [0.3, 0.4) is 0 Å².